The van der Waals surface area contributed by atoms with Gasteiger partial charge in [0, 0.05) is 10.3 Å². The van der Waals surface area contributed by atoms with Crippen LogP contribution in [-0.4, -0.2) is 11.8 Å². The van der Waals surface area contributed by atoms with Gasteiger partial charge in [-0.05, 0) is 6.07 Å². The third-order valence-corrected chi connectivity index (χ3v) is 2.82. The number of benzene rings is 1. The third kappa shape index (κ3) is 1.21. The molecular formula is C8H3ClNO3S+. The Bertz CT molecular complexity index is 472. The van der Waals surface area contributed by atoms with Crippen LogP contribution < -0.4 is 5.32 Å². The number of carbonyl (C=O) groups is 2. The van der Waals surface area contributed by atoms with Gasteiger partial charge < -0.3 is 0 Å². The fraction of sp³-hybridized carbons (Fsp3) is 0. The Morgan fingerprint density at radius 3 is 2.29 bits per heavy atom. The molecule has 1 N–H and O–H groups in total. The van der Waals surface area contributed by atoms with Gasteiger partial charge in [-0.1, -0.05) is 11.6 Å². The van der Waals surface area contributed by atoms with Crippen LogP contribution in [0.3, 0.4) is 0 Å². The second kappa shape index (κ2) is 3.11. The van der Waals surface area contributed by atoms with Gasteiger partial charge in [0.05, 0.1) is 11.1 Å². The van der Waals surface area contributed by atoms with Crippen LogP contribution in [-0.2, 0) is 15.9 Å². The van der Waals surface area contributed by atoms with Crippen LogP contribution in [0.25, 0.3) is 0 Å². The zero-order valence-electron chi connectivity index (χ0n) is 6.67. The van der Waals surface area contributed by atoms with Crippen LogP contribution in [0.5, 0.6) is 0 Å². The SMILES string of the molecule is O=[S+]c1cc2c(cc1Cl)C(=O)NC2=O. The average Bonchev–Trinajstić information content (AvgIpc) is 2.41. The first-order chi connectivity index (χ1) is 6.63. The molecule has 1 aliphatic rings. The maximum Gasteiger partial charge on any atom is 0.506 e. The summed E-state index contributed by atoms with van der Waals surface area (Å²) in [5.74, 6) is -0.966. The van der Waals surface area contributed by atoms with Crippen molar-refractivity contribution in [1.29, 1.82) is 0 Å². The number of halogens is 1. The van der Waals surface area contributed by atoms with E-state index >= 15 is 0 Å². The lowest BCUT2D eigenvalue weighted by Gasteiger charge is -1.91. The minimum Gasteiger partial charge on any atom is -0.288 e. The highest BCUT2D eigenvalue weighted by atomic mass is 35.5. The zero-order valence-corrected chi connectivity index (χ0v) is 8.24. The summed E-state index contributed by atoms with van der Waals surface area (Å²) < 4.78 is 10.6. The van der Waals surface area contributed by atoms with Crippen molar-refractivity contribution in [2.45, 2.75) is 4.90 Å². The Hall–Kier alpha value is -1.33. The molecule has 2 rings (SSSR count). The largest absolute Gasteiger partial charge is 0.506 e. The smallest absolute Gasteiger partial charge is 0.288 e. The van der Waals surface area contributed by atoms with Gasteiger partial charge in [-0.15, -0.1) is 0 Å². The molecule has 0 radical (unpaired) electrons. The van der Waals surface area contributed by atoms with Crippen LogP contribution in [0.2, 0.25) is 5.02 Å². The number of hydrogen-bond acceptors (Lipinski definition) is 3. The molecule has 1 aromatic rings. The molecule has 6 heteroatoms. The molecule has 0 fully saturated rings. The van der Waals surface area contributed by atoms with Crippen LogP contribution >= 0.6 is 11.6 Å². The first kappa shape index (κ1) is 9.23. The topological polar surface area (TPSA) is 63.2 Å². The molecular weight excluding hydrogens is 226 g/mol. The predicted octanol–water partition coefficient (Wildman–Crippen LogP) is 1.01. The maximum absolute atomic E-state index is 11.2. The molecule has 0 aliphatic carbocycles. The van der Waals surface area contributed by atoms with Gasteiger partial charge in [0.15, 0.2) is 0 Å². The van der Waals surface area contributed by atoms with Crippen LogP contribution in [0.15, 0.2) is 17.0 Å². The van der Waals surface area contributed by atoms with Gasteiger partial charge in [-0.25, -0.2) is 0 Å². The number of rotatable bonds is 1. The molecule has 1 aromatic carbocycles. The maximum atomic E-state index is 11.2. The van der Waals surface area contributed by atoms with Crippen LogP contribution in [0, 0.1) is 0 Å². The Balaban J connectivity index is 2.71. The monoisotopic (exact) mass is 228 g/mol. The van der Waals surface area contributed by atoms with Crippen molar-refractivity contribution < 1.29 is 13.8 Å². The van der Waals surface area contributed by atoms with E-state index in [-0.39, 0.29) is 32.7 Å². The van der Waals surface area contributed by atoms with E-state index in [1.54, 1.807) is 0 Å². The van der Waals surface area contributed by atoms with Crippen LogP contribution in [0.1, 0.15) is 20.7 Å². The molecule has 1 aliphatic heterocycles. The van der Waals surface area contributed by atoms with E-state index in [1.807, 2.05) is 0 Å². The Labute approximate surface area is 87.7 Å². The van der Waals surface area contributed by atoms with Gasteiger partial charge in [0.2, 0.25) is 0 Å². The van der Waals surface area contributed by atoms with E-state index in [0.717, 1.165) is 0 Å². The van der Waals surface area contributed by atoms with Gasteiger partial charge in [-0.3, -0.25) is 14.9 Å². The van der Waals surface area contributed by atoms with Crippen molar-refractivity contribution in [2.75, 3.05) is 0 Å². The number of hydrogen-bond donors (Lipinski definition) is 1. The fourth-order valence-corrected chi connectivity index (χ4v) is 1.79. The molecule has 0 unspecified atom stereocenters. The van der Waals surface area contributed by atoms with E-state index in [4.69, 9.17) is 11.6 Å². The molecule has 0 atom stereocenters. The van der Waals surface area contributed by atoms with Gasteiger partial charge in [0.25, 0.3) is 11.8 Å². The van der Waals surface area contributed by atoms with Crippen molar-refractivity contribution >= 4 is 35.1 Å². The lowest BCUT2D eigenvalue weighted by molar-refractivity contribution is 0.0879. The number of imide groups is 1. The van der Waals surface area contributed by atoms with Gasteiger partial charge in [0.1, 0.15) is 5.02 Å². The third-order valence-electron chi connectivity index (χ3n) is 1.88. The molecule has 0 saturated carbocycles. The van der Waals surface area contributed by atoms with Crippen molar-refractivity contribution in [3.63, 3.8) is 0 Å². The van der Waals surface area contributed by atoms with E-state index in [1.165, 1.54) is 12.1 Å². The lowest BCUT2D eigenvalue weighted by Crippen LogP contribution is -2.19. The number of nitrogens with one attached hydrogen (secondary N) is 1. The second-order valence-corrected chi connectivity index (χ2v) is 3.71. The summed E-state index contributed by atoms with van der Waals surface area (Å²) in [5, 5.41) is 2.30. The molecule has 1 heterocycles. The summed E-state index contributed by atoms with van der Waals surface area (Å²) >= 11 is 5.90. The highest BCUT2D eigenvalue weighted by Gasteiger charge is 2.30. The summed E-state index contributed by atoms with van der Waals surface area (Å²) in [7, 11) is 0. The molecule has 70 valence electrons. The summed E-state index contributed by atoms with van der Waals surface area (Å²) in [4.78, 5) is 22.6. The molecule has 0 saturated heterocycles. The number of fused-ring (bicyclic) bond motifs is 1. The van der Waals surface area contributed by atoms with E-state index in [2.05, 4.69) is 5.32 Å². The first-order valence-corrected chi connectivity index (χ1v) is 4.74. The van der Waals surface area contributed by atoms with E-state index < -0.39 is 11.8 Å². The fourth-order valence-electron chi connectivity index (χ4n) is 1.23. The highest BCUT2D eigenvalue weighted by Crippen LogP contribution is 2.24. The number of amides is 2. The van der Waals surface area contributed by atoms with Crippen molar-refractivity contribution in [2.24, 2.45) is 0 Å². The Morgan fingerprint density at radius 2 is 1.71 bits per heavy atom. The molecule has 0 bridgehead atoms. The summed E-state index contributed by atoms with van der Waals surface area (Å²) in [6.07, 6.45) is 0. The van der Waals surface area contributed by atoms with Crippen LogP contribution in [0.4, 0.5) is 0 Å². The Morgan fingerprint density at radius 1 is 1.14 bits per heavy atom. The first-order valence-electron chi connectivity index (χ1n) is 3.62. The molecule has 2 amide bonds. The standard InChI is InChI=1S/C8H2ClNO3S/c9-5-1-3-4(2-6(5)14-13)8(12)10-7(3)11/h1-2H/p+1. The molecule has 4 nitrogen and oxygen atoms in total. The van der Waals surface area contributed by atoms with E-state index in [9.17, 15) is 13.8 Å². The van der Waals surface area contributed by atoms with E-state index in [0.29, 0.717) is 0 Å². The summed E-state index contributed by atoms with van der Waals surface area (Å²) in [5.41, 5.74) is 0.426. The molecule has 0 spiro atoms. The summed E-state index contributed by atoms with van der Waals surface area (Å²) in [6.45, 7) is 0. The van der Waals surface area contributed by atoms with Gasteiger partial charge >= 0.3 is 16.6 Å². The minimum atomic E-state index is -0.489. The zero-order chi connectivity index (χ0) is 10.3. The van der Waals surface area contributed by atoms with Crippen molar-refractivity contribution in [1.82, 2.24) is 5.32 Å². The normalized spacial score (nSPS) is 13.8. The minimum absolute atomic E-state index is 0.189. The predicted molar refractivity (Wildman–Crippen MR) is 49.6 cm³/mol. The Kier molecular flexibility index (Phi) is 2.05. The number of carbonyl (C=O) groups excluding carboxylic acids is 2. The molecule has 0 aromatic heterocycles. The lowest BCUT2D eigenvalue weighted by atomic mass is 10.1. The quantitative estimate of drug-likeness (QED) is 0.576. The summed E-state index contributed by atoms with van der Waals surface area (Å²) in [6, 6.07) is 2.66. The van der Waals surface area contributed by atoms with Crippen molar-refractivity contribution in [3.05, 3.63) is 28.3 Å². The van der Waals surface area contributed by atoms with Gasteiger partial charge in [-0.2, -0.15) is 0 Å². The average molecular weight is 229 g/mol. The highest BCUT2D eigenvalue weighted by molar-refractivity contribution is 7.65. The second-order valence-electron chi connectivity index (χ2n) is 2.69. The van der Waals surface area contributed by atoms with Crippen molar-refractivity contribution in [3.8, 4) is 0 Å². The molecule has 14 heavy (non-hydrogen) atoms.